The molecule has 2 N–H and O–H groups in total. The fourth-order valence-electron chi connectivity index (χ4n) is 2.90. The van der Waals surface area contributed by atoms with E-state index in [1.54, 1.807) is 30.3 Å². The van der Waals surface area contributed by atoms with Gasteiger partial charge in [0.25, 0.3) is 10.0 Å². The van der Waals surface area contributed by atoms with E-state index in [2.05, 4.69) is 4.98 Å². The van der Waals surface area contributed by atoms with E-state index >= 15 is 0 Å². The average Bonchev–Trinajstić information content (AvgIpc) is 2.72. The quantitative estimate of drug-likeness (QED) is 0.545. The van der Waals surface area contributed by atoms with Crippen LogP contribution in [0.2, 0.25) is 5.02 Å². The summed E-state index contributed by atoms with van der Waals surface area (Å²) in [4.78, 5) is 14.6. The molecule has 11 heteroatoms. The second-order valence-electron chi connectivity index (χ2n) is 6.81. The maximum atomic E-state index is 13.4. The molecule has 0 aliphatic heterocycles. The van der Waals surface area contributed by atoms with E-state index < -0.39 is 32.7 Å². The number of carbonyl (C=O) groups is 1. The van der Waals surface area contributed by atoms with Crippen LogP contribution in [-0.2, 0) is 34.0 Å². The summed E-state index contributed by atoms with van der Waals surface area (Å²) in [5.41, 5.74) is 5.13. The van der Waals surface area contributed by atoms with Crippen molar-refractivity contribution in [3.8, 4) is 0 Å². The largest absolute Gasteiger partial charge is 0.417 e. The zero-order valence-corrected chi connectivity index (χ0v) is 18.0. The minimum atomic E-state index is -4.69. The molecule has 1 aromatic heterocycles. The third-order valence-corrected chi connectivity index (χ3v) is 6.47. The summed E-state index contributed by atoms with van der Waals surface area (Å²) in [5, 5.41) is -0.468. The van der Waals surface area contributed by atoms with Crippen LogP contribution in [0.25, 0.3) is 0 Å². The fourth-order valence-corrected chi connectivity index (χ4v) is 4.65. The van der Waals surface area contributed by atoms with Crippen LogP contribution in [0.5, 0.6) is 0 Å². The Hall–Kier alpha value is -3.11. The molecule has 32 heavy (non-hydrogen) atoms. The van der Waals surface area contributed by atoms with Crippen LogP contribution >= 0.6 is 11.6 Å². The van der Waals surface area contributed by atoms with E-state index in [9.17, 15) is 26.4 Å². The van der Waals surface area contributed by atoms with E-state index in [-0.39, 0.29) is 23.7 Å². The topological polar surface area (TPSA) is 93.4 Å². The van der Waals surface area contributed by atoms with Crippen molar-refractivity contribution in [1.29, 1.82) is 0 Å². The standard InChI is InChI=1S/C21H17ClF3N3O3S/c22-18-11-16(21(23,24)25)12-27-20(18)28(13-15-4-2-1-3-5-15)32(30,31)17-8-6-14(7-9-17)10-19(26)29/h1-9,11-12H,10,13H2,(H2,26,29). The number of anilines is 1. The molecule has 168 valence electrons. The molecule has 3 rings (SSSR count). The van der Waals surface area contributed by atoms with Crippen molar-refractivity contribution in [2.45, 2.75) is 24.0 Å². The number of halogens is 4. The lowest BCUT2D eigenvalue weighted by Crippen LogP contribution is -2.31. The van der Waals surface area contributed by atoms with Crippen LogP contribution in [0.3, 0.4) is 0 Å². The first kappa shape index (κ1) is 23.6. The van der Waals surface area contributed by atoms with Crippen molar-refractivity contribution in [3.63, 3.8) is 0 Å². The van der Waals surface area contributed by atoms with Gasteiger partial charge in [-0.1, -0.05) is 54.1 Å². The Labute approximate surface area is 187 Å². The number of pyridine rings is 1. The number of amides is 1. The number of primary amides is 1. The number of hydrogen-bond acceptors (Lipinski definition) is 4. The first-order valence-electron chi connectivity index (χ1n) is 9.15. The lowest BCUT2D eigenvalue weighted by atomic mass is 10.1. The molecule has 0 aliphatic rings. The van der Waals surface area contributed by atoms with Gasteiger partial charge in [-0.15, -0.1) is 0 Å². The van der Waals surface area contributed by atoms with Crippen LogP contribution in [0.4, 0.5) is 19.0 Å². The van der Waals surface area contributed by atoms with Gasteiger partial charge in [0, 0.05) is 6.20 Å². The monoisotopic (exact) mass is 483 g/mol. The summed E-state index contributed by atoms with van der Waals surface area (Å²) >= 11 is 6.05. The Bertz CT molecular complexity index is 1220. The van der Waals surface area contributed by atoms with E-state index in [0.717, 1.165) is 4.31 Å². The summed E-state index contributed by atoms with van der Waals surface area (Å²) < 4.78 is 66.7. The van der Waals surface area contributed by atoms with Crippen LogP contribution in [0.1, 0.15) is 16.7 Å². The first-order valence-corrected chi connectivity index (χ1v) is 11.0. The van der Waals surface area contributed by atoms with Gasteiger partial charge >= 0.3 is 6.18 Å². The summed E-state index contributed by atoms with van der Waals surface area (Å²) in [6, 6.07) is 14.5. The Kier molecular flexibility index (Phi) is 6.75. The van der Waals surface area contributed by atoms with Crippen molar-refractivity contribution >= 4 is 33.3 Å². The van der Waals surface area contributed by atoms with Crippen molar-refractivity contribution < 1.29 is 26.4 Å². The Balaban J connectivity index is 2.07. The Morgan fingerprint density at radius 2 is 1.66 bits per heavy atom. The van der Waals surface area contributed by atoms with Gasteiger partial charge in [-0.3, -0.25) is 4.79 Å². The number of carbonyl (C=O) groups excluding carboxylic acids is 1. The number of nitrogens with two attached hydrogens (primary N) is 1. The van der Waals surface area contributed by atoms with E-state index in [0.29, 0.717) is 23.4 Å². The smallest absolute Gasteiger partial charge is 0.369 e. The van der Waals surface area contributed by atoms with E-state index in [1.165, 1.54) is 24.3 Å². The van der Waals surface area contributed by atoms with Crippen LogP contribution in [0, 0.1) is 0 Å². The maximum absolute atomic E-state index is 13.4. The number of nitrogens with zero attached hydrogens (tertiary/aromatic N) is 2. The van der Waals surface area contributed by atoms with Crippen molar-refractivity contribution in [2.75, 3.05) is 4.31 Å². The third-order valence-electron chi connectivity index (χ3n) is 4.44. The van der Waals surface area contributed by atoms with Gasteiger partial charge in [-0.05, 0) is 29.3 Å². The molecule has 0 fully saturated rings. The van der Waals surface area contributed by atoms with Gasteiger partial charge in [-0.2, -0.15) is 13.2 Å². The maximum Gasteiger partial charge on any atom is 0.417 e. The molecule has 0 unspecified atom stereocenters. The van der Waals surface area contributed by atoms with Gasteiger partial charge in [-0.25, -0.2) is 17.7 Å². The van der Waals surface area contributed by atoms with Gasteiger partial charge in [0.2, 0.25) is 5.91 Å². The molecule has 0 spiro atoms. The van der Waals surface area contributed by atoms with Gasteiger partial charge in [0.1, 0.15) is 0 Å². The second-order valence-corrected chi connectivity index (χ2v) is 9.08. The zero-order chi connectivity index (χ0) is 23.5. The van der Waals surface area contributed by atoms with Crippen LogP contribution in [-0.4, -0.2) is 19.3 Å². The molecular weight excluding hydrogens is 467 g/mol. The predicted molar refractivity (Wildman–Crippen MR) is 113 cm³/mol. The highest BCUT2D eigenvalue weighted by Crippen LogP contribution is 2.35. The molecule has 0 radical (unpaired) electrons. The molecular formula is C21H17ClF3N3O3S. The lowest BCUT2D eigenvalue weighted by Gasteiger charge is -2.25. The average molecular weight is 484 g/mol. The number of benzene rings is 2. The number of sulfonamides is 1. The molecule has 3 aromatic rings. The molecule has 2 aromatic carbocycles. The molecule has 0 bridgehead atoms. The van der Waals surface area contributed by atoms with Crippen LogP contribution < -0.4 is 10.0 Å². The van der Waals surface area contributed by atoms with Gasteiger partial charge < -0.3 is 5.73 Å². The number of aromatic nitrogens is 1. The van der Waals surface area contributed by atoms with Crippen molar-refractivity contribution in [3.05, 3.63) is 88.6 Å². The zero-order valence-electron chi connectivity index (χ0n) is 16.4. The fraction of sp³-hybridized carbons (Fsp3) is 0.143. The van der Waals surface area contributed by atoms with Gasteiger partial charge in [0.05, 0.1) is 28.4 Å². The van der Waals surface area contributed by atoms with E-state index in [4.69, 9.17) is 17.3 Å². The van der Waals surface area contributed by atoms with Crippen LogP contribution in [0.15, 0.2) is 71.8 Å². The Morgan fingerprint density at radius 1 is 1.03 bits per heavy atom. The summed E-state index contributed by atoms with van der Waals surface area (Å²) in [6.07, 6.45) is -4.22. The molecule has 0 saturated carbocycles. The minimum Gasteiger partial charge on any atom is -0.369 e. The highest BCUT2D eigenvalue weighted by molar-refractivity contribution is 7.92. The molecule has 0 saturated heterocycles. The normalized spacial score (nSPS) is 11.9. The first-order chi connectivity index (χ1) is 15.0. The number of alkyl halides is 3. The van der Waals surface area contributed by atoms with Gasteiger partial charge in [0.15, 0.2) is 5.82 Å². The summed E-state index contributed by atoms with van der Waals surface area (Å²) in [7, 11) is -4.28. The third kappa shape index (κ3) is 5.38. The highest BCUT2D eigenvalue weighted by atomic mass is 35.5. The molecule has 6 nitrogen and oxygen atoms in total. The lowest BCUT2D eigenvalue weighted by molar-refractivity contribution is -0.137. The molecule has 1 heterocycles. The minimum absolute atomic E-state index is 0.0691. The SMILES string of the molecule is NC(=O)Cc1ccc(S(=O)(=O)N(Cc2ccccc2)c2ncc(C(F)(F)F)cc2Cl)cc1. The highest BCUT2D eigenvalue weighted by Gasteiger charge is 2.34. The Morgan fingerprint density at radius 3 is 2.19 bits per heavy atom. The summed E-state index contributed by atoms with van der Waals surface area (Å²) in [6.45, 7) is -0.218. The second kappa shape index (κ2) is 9.17. The molecule has 0 aliphatic carbocycles. The summed E-state index contributed by atoms with van der Waals surface area (Å²) in [5.74, 6) is -0.920. The predicted octanol–water partition coefficient (Wildman–Crippen LogP) is 4.18. The number of hydrogen-bond donors (Lipinski definition) is 1. The van der Waals surface area contributed by atoms with E-state index in [1.807, 2.05) is 0 Å². The molecule has 0 atom stereocenters. The van der Waals surface area contributed by atoms with Crippen molar-refractivity contribution in [1.82, 2.24) is 4.98 Å². The molecule has 1 amide bonds. The number of rotatable bonds is 7. The van der Waals surface area contributed by atoms with Crippen molar-refractivity contribution in [2.24, 2.45) is 5.73 Å².